The van der Waals surface area contributed by atoms with Crippen molar-refractivity contribution in [3.63, 3.8) is 0 Å². The average Bonchev–Trinajstić information content (AvgIpc) is 2.73. The maximum absolute atomic E-state index is 14.0. The molecule has 0 bridgehead atoms. The van der Waals surface area contributed by atoms with E-state index in [-0.39, 0.29) is 23.9 Å². The third-order valence-corrected chi connectivity index (χ3v) is 4.98. The molecule has 1 saturated heterocycles. The van der Waals surface area contributed by atoms with Gasteiger partial charge in [0.05, 0.1) is 31.1 Å². The van der Waals surface area contributed by atoms with Crippen molar-refractivity contribution < 1.29 is 13.9 Å². The number of benzene rings is 1. The molecule has 1 aliphatic heterocycles. The Morgan fingerprint density at radius 2 is 2.25 bits per heavy atom. The summed E-state index contributed by atoms with van der Waals surface area (Å²) in [5.74, 6) is 0.380. The number of hydrogen-bond donors (Lipinski definition) is 1. The second kappa shape index (κ2) is 8.73. The average molecular weight is 384 g/mol. The van der Waals surface area contributed by atoms with Crippen LogP contribution in [0.5, 0.6) is 5.75 Å². The number of rotatable bonds is 5. The molecule has 28 heavy (non-hydrogen) atoms. The fourth-order valence-electron chi connectivity index (χ4n) is 3.37. The number of halogens is 1. The van der Waals surface area contributed by atoms with Crippen molar-refractivity contribution in [1.29, 1.82) is 0 Å². The second-order valence-corrected chi connectivity index (χ2v) is 6.72. The molecule has 0 radical (unpaired) electrons. The lowest BCUT2D eigenvalue weighted by molar-refractivity contribution is 0.176. The van der Waals surface area contributed by atoms with Gasteiger partial charge >= 0.3 is 6.03 Å². The molecule has 1 aliphatic rings. The molecule has 1 fully saturated rings. The number of urea groups is 1. The molecule has 1 aromatic carbocycles. The van der Waals surface area contributed by atoms with Crippen LogP contribution in [0.4, 0.5) is 14.9 Å². The van der Waals surface area contributed by atoms with Crippen LogP contribution in [-0.4, -0.2) is 48.7 Å². The summed E-state index contributed by atoms with van der Waals surface area (Å²) < 4.78 is 19.3. The number of methoxy groups -OCH3 is 1. The molecule has 7 heteroatoms. The lowest BCUT2D eigenvalue weighted by atomic mass is 10.1. The van der Waals surface area contributed by atoms with Gasteiger partial charge in [-0.25, -0.2) is 9.18 Å². The van der Waals surface area contributed by atoms with E-state index in [1.165, 1.54) is 6.20 Å². The van der Waals surface area contributed by atoms with Gasteiger partial charge in [0.25, 0.3) is 0 Å². The SMILES string of the molecule is C=C[C@@H]1CN(c2ccncc2F)CCN1C(=O)N[C@H](C)c1cccc(OC)c1. The summed E-state index contributed by atoms with van der Waals surface area (Å²) in [6.07, 6.45) is 4.49. The van der Waals surface area contributed by atoms with Gasteiger partial charge in [0.2, 0.25) is 0 Å². The number of nitrogens with zero attached hydrogens (tertiary/aromatic N) is 3. The number of nitrogens with one attached hydrogen (secondary N) is 1. The lowest BCUT2D eigenvalue weighted by Gasteiger charge is -2.41. The van der Waals surface area contributed by atoms with Crippen LogP contribution in [-0.2, 0) is 0 Å². The van der Waals surface area contributed by atoms with Crippen molar-refractivity contribution in [2.45, 2.75) is 19.0 Å². The molecule has 0 saturated carbocycles. The highest BCUT2D eigenvalue weighted by Gasteiger charge is 2.30. The van der Waals surface area contributed by atoms with E-state index in [9.17, 15) is 9.18 Å². The molecule has 2 aromatic rings. The lowest BCUT2D eigenvalue weighted by Crippen LogP contribution is -2.57. The number of amides is 2. The van der Waals surface area contributed by atoms with Crippen molar-refractivity contribution in [3.8, 4) is 5.75 Å². The number of ether oxygens (including phenoxy) is 1. The monoisotopic (exact) mass is 384 g/mol. The van der Waals surface area contributed by atoms with Crippen LogP contribution in [0, 0.1) is 5.82 Å². The zero-order valence-corrected chi connectivity index (χ0v) is 16.1. The maximum atomic E-state index is 14.0. The normalized spacial score (nSPS) is 17.8. The maximum Gasteiger partial charge on any atom is 0.318 e. The van der Waals surface area contributed by atoms with Gasteiger partial charge in [0, 0.05) is 25.8 Å². The Hall–Kier alpha value is -3.09. The van der Waals surface area contributed by atoms with Crippen LogP contribution in [0.15, 0.2) is 55.4 Å². The summed E-state index contributed by atoms with van der Waals surface area (Å²) in [7, 11) is 1.61. The minimum atomic E-state index is -0.366. The molecule has 148 valence electrons. The van der Waals surface area contributed by atoms with Crippen molar-refractivity contribution >= 4 is 11.7 Å². The minimum Gasteiger partial charge on any atom is -0.497 e. The Bertz CT molecular complexity index is 845. The molecule has 2 amide bonds. The van der Waals surface area contributed by atoms with E-state index < -0.39 is 0 Å². The van der Waals surface area contributed by atoms with Crippen LogP contribution in [0.25, 0.3) is 0 Å². The van der Waals surface area contributed by atoms with E-state index in [2.05, 4.69) is 16.9 Å². The standard InChI is InChI=1S/C21H25FN4O2/c1-4-17-14-25(20-8-9-23-13-19(20)22)10-11-26(17)21(27)24-15(2)16-6-5-7-18(12-16)28-3/h4-9,12-13,15,17H,1,10-11,14H2,2-3H3,(H,24,27)/t15-,17-/m1/s1. The van der Waals surface area contributed by atoms with E-state index in [0.717, 1.165) is 11.3 Å². The van der Waals surface area contributed by atoms with Gasteiger partial charge < -0.3 is 19.9 Å². The molecular formula is C21H25FN4O2. The predicted octanol–water partition coefficient (Wildman–Crippen LogP) is 3.38. The first-order valence-electron chi connectivity index (χ1n) is 9.21. The molecule has 0 spiro atoms. The van der Waals surface area contributed by atoms with E-state index >= 15 is 0 Å². The molecule has 3 rings (SSSR count). The van der Waals surface area contributed by atoms with Crippen molar-refractivity contribution in [1.82, 2.24) is 15.2 Å². The number of anilines is 1. The Morgan fingerprint density at radius 3 is 2.96 bits per heavy atom. The zero-order valence-electron chi connectivity index (χ0n) is 16.1. The smallest absolute Gasteiger partial charge is 0.318 e. The van der Waals surface area contributed by atoms with Gasteiger partial charge in [-0.3, -0.25) is 4.98 Å². The quantitative estimate of drug-likeness (QED) is 0.803. The molecule has 2 heterocycles. The summed E-state index contributed by atoms with van der Waals surface area (Å²) >= 11 is 0. The van der Waals surface area contributed by atoms with Crippen LogP contribution in [0.2, 0.25) is 0 Å². The zero-order chi connectivity index (χ0) is 20.1. The Kier molecular flexibility index (Phi) is 6.13. The number of carbonyl (C=O) groups is 1. The summed E-state index contributed by atoms with van der Waals surface area (Å²) in [6.45, 7) is 7.26. The summed E-state index contributed by atoms with van der Waals surface area (Å²) in [6, 6.07) is 8.69. The van der Waals surface area contributed by atoms with Crippen molar-refractivity contribution in [2.24, 2.45) is 0 Å². The van der Waals surface area contributed by atoms with Crippen molar-refractivity contribution in [3.05, 3.63) is 66.8 Å². The van der Waals surface area contributed by atoms with Crippen molar-refractivity contribution in [2.75, 3.05) is 31.6 Å². The molecule has 1 N–H and O–H groups in total. The fourth-order valence-corrected chi connectivity index (χ4v) is 3.37. The number of piperazine rings is 1. The molecule has 2 atom stereocenters. The summed E-state index contributed by atoms with van der Waals surface area (Å²) in [5.41, 5.74) is 1.45. The Balaban J connectivity index is 1.67. The molecule has 0 aliphatic carbocycles. The van der Waals surface area contributed by atoms with Gasteiger partial charge in [-0.15, -0.1) is 6.58 Å². The minimum absolute atomic E-state index is 0.171. The topological polar surface area (TPSA) is 57.7 Å². The Labute approximate surface area is 164 Å². The van der Waals surface area contributed by atoms with E-state index in [0.29, 0.717) is 25.3 Å². The number of aromatic nitrogens is 1. The Morgan fingerprint density at radius 1 is 1.43 bits per heavy atom. The van der Waals surface area contributed by atoms with Crippen LogP contribution in [0.3, 0.4) is 0 Å². The van der Waals surface area contributed by atoms with Gasteiger partial charge in [0.15, 0.2) is 5.82 Å². The highest BCUT2D eigenvalue weighted by atomic mass is 19.1. The first-order valence-corrected chi connectivity index (χ1v) is 9.21. The molecule has 1 aromatic heterocycles. The van der Waals surface area contributed by atoms with Crippen LogP contribution < -0.4 is 15.0 Å². The second-order valence-electron chi connectivity index (χ2n) is 6.72. The van der Waals surface area contributed by atoms with E-state index in [4.69, 9.17) is 4.74 Å². The summed E-state index contributed by atoms with van der Waals surface area (Å²) in [4.78, 5) is 20.3. The molecule has 6 nitrogen and oxygen atoms in total. The third kappa shape index (κ3) is 4.24. The number of hydrogen-bond acceptors (Lipinski definition) is 4. The van der Waals surface area contributed by atoms with Crippen LogP contribution in [0.1, 0.15) is 18.5 Å². The van der Waals surface area contributed by atoms with Gasteiger partial charge in [-0.1, -0.05) is 18.2 Å². The number of carbonyl (C=O) groups excluding carboxylic acids is 1. The third-order valence-electron chi connectivity index (χ3n) is 4.98. The van der Waals surface area contributed by atoms with Gasteiger partial charge in [-0.05, 0) is 30.7 Å². The van der Waals surface area contributed by atoms with Crippen LogP contribution >= 0.6 is 0 Å². The number of pyridine rings is 1. The highest BCUT2D eigenvalue weighted by molar-refractivity contribution is 5.76. The first-order chi connectivity index (χ1) is 13.5. The molecular weight excluding hydrogens is 359 g/mol. The predicted molar refractivity (Wildman–Crippen MR) is 107 cm³/mol. The van der Waals surface area contributed by atoms with E-state index in [1.54, 1.807) is 30.3 Å². The van der Waals surface area contributed by atoms with E-state index in [1.807, 2.05) is 36.1 Å². The molecule has 0 unspecified atom stereocenters. The fraction of sp³-hybridized carbons (Fsp3) is 0.333. The van der Waals surface area contributed by atoms with Gasteiger partial charge in [0.1, 0.15) is 5.75 Å². The highest BCUT2D eigenvalue weighted by Crippen LogP contribution is 2.23. The van der Waals surface area contributed by atoms with Gasteiger partial charge in [-0.2, -0.15) is 0 Å². The largest absolute Gasteiger partial charge is 0.497 e. The first kappa shape index (κ1) is 19.7. The summed E-state index contributed by atoms with van der Waals surface area (Å²) in [5, 5.41) is 3.03.